The van der Waals surface area contributed by atoms with Crippen LogP contribution in [0.4, 0.5) is 0 Å². The van der Waals surface area contributed by atoms with Crippen molar-refractivity contribution in [3.63, 3.8) is 0 Å². The van der Waals surface area contributed by atoms with Gasteiger partial charge >= 0.3 is 0 Å². The van der Waals surface area contributed by atoms with E-state index < -0.39 is 16.1 Å². The van der Waals surface area contributed by atoms with Crippen LogP contribution in [0.1, 0.15) is 17.2 Å². The molecule has 9 heteroatoms. The molecular formula is C25H26N2O6S. The summed E-state index contributed by atoms with van der Waals surface area (Å²) in [4.78, 5) is 0.176. The quantitative estimate of drug-likeness (QED) is 0.519. The van der Waals surface area contributed by atoms with Crippen LogP contribution in [0.15, 0.2) is 77.7 Å². The molecule has 0 amide bonds. The van der Waals surface area contributed by atoms with Crippen LogP contribution in [0, 0.1) is 0 Å². The molecule has 3 aromatic rings. The lowest BCUT2D eigenvalue weighted by Crippen LogP contribution is -2.39. The summed E-state index contributed by atoms with van der Waals surface area (Å²) in [6.07, 6.45) is 1.85. The molecule has 0 aliphatic carbocycles. The standard InChI is InChI=1S/C25H26N2O6S/c1-30-22-12-10-17(14-24(22)32-3)20-16-21(18-11-13-23(31-2)25(15-18)33-4)27(26-20)34(28,29)19-8-6-5-7-9-19/h5-16,21,26H,1-4H3/t21-/m0/s1. The Balaban J connectivity index is 1.82. The molecule has 0 bridgehead atoms. The SMILES string of the molecule is COc1ccc(C2=C[C@@H](c3ccc(OC)c(OC)c3)N(S(=O)(=O)c3ccccc3)N2)cc1OC. The van der Waals surface area contributed by atoms with Crippen molar-refractivity contribution >= 4 is 15.7 Å². The molecule has 1 aliphatic heterocycles. The zero-order valence-electron chi connectivity index (χ0n) is 19.3. The highest BCUT2D eigenvalue weighted by Gasteiger charge is 2.37. The summed E-state index contributed by atoms with van der Waals surface area (Å²) in [7, 11) is 2.31. The molecule has 0 spiro atoms. The third kappa shape index (κ3) is 4.27. The third-order valence-electron chi connectivity index (χ3n) is 5.55. The Morgan fingerprint density at radius 1 is 0.735 bits per heavy atom. The van der Waals surface area contributed by atoms with Crippen molar-refractivity contribution in [2.24, 2.45) is 0 Å². The minimum absolute atomic E-state index is 0.176. The Bertz CT molecular complexity index is 1310. The van der Waals surface area contributed by atoms with Crippen molar-refractivity contribution in [2.75, 3.05) is 28.4 Å². The van der Waals surface area contributed by atoms with Gasteiger partial charge in [0.25, 0.3) is 10.0 Å². The van der Waals surface area contributed by atoms with Gasteiger partial charge in [-0.05, 0) is 54.1 Å². The molecule has 1 N–H and O–H groups in total. The van der Waals surface area contributed by atoms with Crippen molar-refractivity contribution in [2.45, 2.75) is 10.9 Å². The van der Waals surface area contributed by atoms with Gasteiger partial charge in [0, 0.05) is 5.56 Å². The first-order chi connectivity index (χ1) is 16.4. The van der Waals surface area contributed by atoms with Gasteiger partial charge < -0.3 is 24.4 Å². The lowest BCUT2D eigenvalue weighted by Gasteiger charge is -2.25. The van der Waals surface area contributed by atoms with Crippen molar-refractivity contribution < 1.29 is 27.4 Å². The Morgan fingerprint density at radius 2 is 1.32 bits per heavy atom. The van der Waals surface area contributed by atoms with Crippen LogP contribution in [0.3, 0.4) is 0 Å². The van der Waals surface area contributed by atoms with E-state index >= 15 is 0 Å². The minimum Gasteiger partial charge on any atom is -0.493 e. The fourth-order valence-corrected chi connectivity index (χ4v) is 5.23. The van der Waals surface area contributed by atoms with Gasteiger partial charge in [0.2, 0.25) is 0 Å². The van der Waals surface area contributed by atoms with E-state index in [1.165, 1.54) is 11.5 Å². The number of nitrogens with zero attached hydrogens (tertiary/aromatic N) is 1. The summed E-state index contributed by atoms with van der Waals surface area (Å²) in [6.45, 7) is 0. The van der Waals surface area contributed by atoms with E-state index in [0.717, 1.165) is 5.56 Å². The van der Waals surface area contributed by atoms with Gasteiger partial charge in [-0.2, -0.15) is 0 Å². The lowest BCUT2D eigenvalue weighted by molar-refractivity contribution is 0.340. The van der Waals surface area contributed by atoms with Crippen molar-refractivity contribution in [1.29, 1.82) is 0 Å². The predicted molar refractivity (Wildman–Crippen MR) is 128 cm³/mol. The van der Waals surface area contributed by atoms with E-state index in [0.29, 0.717) is 34.3 Å². The molecule has 4 rings (SSSR count). The molecular weight excluding hydrogens is 456 g/mol. The van der Waals surface area contributed by atoms with Crippen molar-refractivity contribution in [3.8, 4) is 23.0 Å². The molecule has 178 valence electrons. The number of ether oxygens (including phenoxy) is 4. The number of sulfonamides is 1. The van der Waals surface area contributed by atoms with Gasteiger partial charge in [0.05, 0.1) is 45.1 Å². The number of rotatable bonds is 8. The van der Waals surface area contributed by atoms with Crippen molar-refractivity contribution in [3.05, 3.63) is 83.9 Å². The molecule has 3 aromatic carbocycles. The molecule has 1 aliphatic rings. The summed E-state index contributed by atoms with van der Waals surface area (Å²) in [5, 5.41) is 0. The van der Waals surface area contributed by atoms with Crippen molar-refractivity contribution in [1.82, 2.24) is 9.84 Å². The summed E-state index contributed by atoms with van der Waals surface area (Å²) in [5.41, 5.74) is 5.15. The molecule has 1 atom stereocenters. The Kier molecular flexibility index (Phi) is 6.67. The van der Waals surface area contributed by atoms with Gasteiger partial charge in [-0.1, -0.05) is 24.3 Å². The number of methoxy groups -OCH3 is 4. The van der Waals surface area contributed by atoms with Gasteiger partial charge in [0.15, 0.2) is 23.0 Å². The molecule has 0 saturated heterocycles. The average molecular weight is 483 g/mol. The zero-order valence-corrected chi connectivity index (χ0v) is 20.1. The predicted octanol–water partition coefficient (Wildman–Crippen LogP) is 4.01. The first kappa shape index (κ1) is 23.5. The highest BCUT2D eigenvalue weighted by molar-refractivity contribution is 7.89. The summed E-state index contributed by atoms with van der Waals surface area (Å²) in [6, 6.07) is 18.4. The second-order valence-corrected chi connectivity index (χ2v) is 9.25. The van der Waals surface area contributed by atoms with Gasteiger partial charge in [-0.25, -0.2) is 8.42 Å². The van der Waals surface area contributed by atoms with Crippen LogP contribution in [-0.4, -0.2) is 41.3 Å². The zero-order chi connectivity index (χ0) is 24.3. The second kappa shape index (κ2) is 9.66. The van der Waals surface area contributed by atoms with E-state index in [2.05, 4.69) is 5.43 Å². The van der Waals surface area contributed by atoms with Crippen LogP contribution in [0.5, 0.6) is 23.0 Å². The van der Waals surface area contributed by atoms with Crippen LogP contribution in [0.25, 0.3) is 5.70 Å². The number of hydrazine groups is 1. The number of hydrogen-bond acceptors (Lipinski definition) is 7. The normalized spacial score (nSPS) is 15.9. The maximum Gasteiger partial charge on any atom is 0.260 e. The van der Waals surface area contributed by atoms with E-state index in [1.54, 1.807) is 75.9 Å². The maximum absolute atomic E-state index is 13.6. The average Bonchev–Trinajstić information content (AvgIpc) is 3.35. The molecule has 1 heterocycles. The maximum atomic E-state index is 13.6. The molecule has 0 unspecified atom stereocenters. The Hall–Kier alpha value is -3.69. The van der Waals surface area contributed by atoms with Crippen LogP contribution in [0.2, 0.25) is 0 Å². The lowest BCUT2D eigenvalue weighted by atomic mass is 10.0. The molecule has 0 saturated carbocycles. The number of hydrogen-bond donors (Lipinski definition) is 1. The van der Waals surface area contributed by atoms with E-state index in [9.17, 15) is 8.42 Å². The second-order valence-electron chi connectivity index (χ2n) is 7.44. The van der Waals surface area contributed by atoms with Crippen LogP contribution in [-0.2, 0) is 10.0 Å². The van der Waals surface area contributed by atoms with Gasteiger partial charge in [0.1, 0.15) is 0 Å². The third-order valence-corrected chi connectivity index (χ3v) is 7.26. The van der Waals surface area contributed by atoms with Gasteiger partial charge in [-0.15, -0.1) is 4.41 Å². The fraction of sp³-hybridized carbons (Fsp3) is 0.200. The Morgan fingerprint density at radius 3 is 1.94 bits per heavy atom. The Labute approximate surface area is 199 Å². The van der Waals surface area contributed by atoms with Crippen LogP contribution < -0.4 is 24.4 Å². The number of benzene rings is 3. The topological polar surface area (TPSA) is 86.3 Å². The highest BCUT2D eigenvalue weighted by Crippen LogP contribution is 2.40. The molecule has 8 nitrogen and oxygen atoms in total. The van der Waals surface area contributed by atoms with Gasteiger partial charge in [-0.3, -0.25) is 0 Å². The molecule has 0 fully saturated rings. The highest BCUT2D eigenvalue weighted by atomic mass is 32.2. The first-order valence-electron chi connectivity index (χ1n) is 10.4. The largest absolute Gasteiger partial charge is 0.493 e. The fourth-order valence-electron chi connectivity index (χ4n) is 3.80. The smallest absolute Gasteiger partial charge is 0.260 e. The van der Waals surface area contributed by atoms with E-state index in [4.69, 9.17) is 18.9 Å². The van der Waals surface area contributed by atoms with E-state index in [1.807, 2.05) is 18.2 Å². The molecule has 34 heavy (non-hydrogen) atoms. The molecule has 0 radical (unpaired) electrons. The first-order valence-corrected chi connectivity index (χ1v) is 11.9. The summed E-state index contributed by atoms with van der Waals surface area (Å²) < 4.78 is 50.0. The number of nitrogens with one attached hydrogen (secondary N) is 1. The summed E-state index contributed by atoms with van der Waals surface area (Å²) >= 11 is 0. The van der Waals surface area contributed by atoms with Crippen LogP contribution >= 0.6 is 0 Å². The summed E-state index contributed by atoms with van der Waals surface area (Å²) in [5.74, 6) is 2.17. The van der Waals surface area contributed by atoms with E-state index in [-0.39, 0.29) is 4.90 Å². The minimum atomic E-state index is -3.90. The monoisotopic (exact) mass is 482 g/mol. The molecule has 0 aromatic heterocycles.